The second-order valence-electron chi connectivity index (χ2n) is 4.39. The fourth-order valence-corrected chi connectivity index (χ4v) is 2.26. The van der Waals surface area contributed by atoms with Gasteiger partial charge in [-0.2, -0.15) is 0 Å². The van der Waals surface area contributed by atoms with Crippen LogP contribution in [0.4, 0.5) is 11.4 Å². The van der Waals surface area contributed by atoms with Crippen LogP contribution in [0, 0.1) is 10.1 Å². The van der Waals surface area contributed by atoms with Gasteiger partial charge < -0.3 is 15.4 Å². The number of hydrogen-bond acceptors (Lipinski definition) is 4. The van der Waals surface area contributed by atoms with Crippen LogP contribution in [-0.4, -0.2) is 29.3 Å². The molecule has 1 aromatic carbocycles. The summed E-state index contributed by atoms with van der Waals surface area (Å²) in [7, 11) is 0. The smallest absolute Gasteiger partial charge is 0.271 e. The Kier molecular flexibility index (Phi) is 5.11. The van der Waals surface area contributed by atoms with E-state index in [1.54, 1.807) is 0 Å². The van der Waals surface area contributed by atoms with Crippen molar-refractivity contribution < 1.29 is 9.66 Å². The Morgan fingerprint density at radius 3 is 3.05 bits per heavy atom. The highest BCUT2D eigenvalue weighted by Gasteiger charge is 2.16. The van der Waals surface area contributed by atoms with E-state index in [0.717, 1.165) is 19.4 Å². The molecule has 0 aliphatic carbocycles. The molecule has 1 aromatic rings. The number of hydrogen-bond donors (Lipinski definition) is 2. The third-order valence-corrected chi connectivity index (χ3v) is 3.50. The molecule has 0 radical (unpaired) electrons. The molecule has 108 valence electrons. The second kappa shape index (κ2) is 6.83. The molecule has 1 aliphatic rings. The Morgan fingerprint density at radius 2 is 2.40 bits per heavy atom. The minimum Gasteiger partial charge on any atom is -0.376 e. The number of nitro groups is 1. The highest BCUT2D eigenvalue weighted by Crippen LogP contribution is 2.26. The molecule has 0 aromatic heterocycles. The average Bonchev–Trinajstić information content (AvgIpc) is 2.92. The van der Waals surface area contributed by atoms with Crippen LogP contribution in [0.1, 0.15) is 12.8 Å². The lowest BCUT2D eigenvalue weighted by atomic mass is 10.2. The van der Waals surface area contributed by atoms with E-state index in [1.165, 1.54) is 18.2 Å². The molecule has 1 heterocycles. The largest absolute Gasteiger partial charge is 0.376 e. The highest BCUT2D eigenvalue weighted by atomic mass is 35.5. The van der Waals surface area contributed by atoms with E-state index >= 15 is 0 Å². The molecule has 0 amide bonds. The van der Waals surface area contributed by atoms with E-state index in [0.29, 0.717) is 22.4 Å². The second-order valence-corrected chi connectivity index (χ2v) is 5.21. The van der Waals surface area contributed by atoms with E-state index < -0.39 is 4.92 Å². The van der Waals surface area contributed by atoms with E-state index in [2.05, 4.69) is 10.6 Å². The number of nitro benzene ring substituents is 1. The van der Waals surface area contributed by atoms with Gasteiger partial charge in [-0.15, -0.1) is 0 Å². The first-order chi connectivity index (χ1) is 9.56. The lowest BCUT2D eigenvalue weighted by molar-refractivity contribution is -0.384. The van der Waals surface area contributed by atoms with Gasteiger partial charge in [-0.1, -0.05) is 11.6 Å². The van der Waals surface area contributed by atoms with Crippen LogP contribution >= 0.6 is 23.8 Å². The summed E-state index contributed by atoms with van der Waals surface area (Å²) in [5.41, 5.74) is 0.365. The molecule has 8 heteroatoms. The Bertz CT molecular complexity index is 521. The van der Waals surface area contributed by atoms with Gasteiger partial charge in [0.2, 0.25) is 0 Å². The molecule has 1 fully saturated rings. The van der Waals surface area contributed by atoms with Crippen molar-refractivity contribution >= 4 is 40.3 Å². The Hall–Kier alpha value is -1.44. The molecule has 2 rings (SSSR count). The van der Waals surface area contributed by atoms with Crippen molar-refractivity contribution in [3.05, 3.63) is 33.3 Å². The number of halogens is 1. The van der Waals surface area contributed by atoms with E-state index in [1.807, 2.05) is 0 Å². The SMILES string of the molecule is O=[N+]([O-])c1ccc(Cl)c(NC(=S)NCC2CCCO2)c1. The quantitative estimate of drug-likeness (QED) is 0.505. The molecule has 1 saturated heterocycles. The first-order valence-electron chi connectivity index (χ1n) is 6.16. The first-order valence-corrected chi connectivity index (χ1v) is 6.95. The molecule has 1 unspecified atom stereocenters. The molecule has 2 N–H and O–H groups in total. The van der Waals surface area contributed by atoms with Crippen molar-refractivity contribution in [1.29, 1.82) is 0 Å². The van der Waals surface area contributed by atoms with Crippen molar-refractivity contribution in [2.24, 2.45) is 0 Å². The number of benzene rings is 1. The van der Waals surface area contributed by atoms with E-state index in [-0.39, 0.29) is 11.8 Å². The summed E-state index contributed by atoms with van der Waals surface area (Å²) in [6, 6.07) is 4.16. The minimum absolute atomic E-state index is 0.0428. The maximum Gasteiger partial charge on any atom is 0.271 e. The predicted octanol–water partition coefficient (Wildman–Crippen LogP) is 2.71. The van der Waals surface area contributed by atoms with Crippen molar-refractivity contribution in [1.82, 2.24) is 5.32 Å². The molecule has 0 bridgehead atoms. The van der Waals surface area contributed by atoms with Gasteiger partial charge in [0.05, 0.1) is 21.7 Å². The van der Waals surface area contributed by atoms with E-state index in [4.69, 9.17) is 28.6 Å². The minimum atomic E-state index is -0.482. The maximum absolute atomic E-state index is 10.7. The van der Waals surface area contributed by atoms with Gasteiger partial charge in [0.25, 0.3) is 5.69 Å². The lowest BCUT2D eigenvalue weighted by Gasteiger charge is -2.14. The topological polar surface area (TPSA) is 76.4 Å². The van der Waals surface area contributed by atoms with Crippen LogP contribution < -0.4 is 10.6 Å². The average molecular weight is 316 g/mol. The van der Waals surface area contributed by atoms with Crippen LogP contribution in [0.3, 0.4) is 0 Å². The molecular formula is C12H14ClN3O3S. The first kappa shape index (κ1) is 15.0. The van der Waals surface area contributed by atoms with Gasteiger partial charge in [-0.25, -0.2) is 0 Å². The van der Waals surface area contributed by atoms with Crippen molar-refractivity contribution in [2.45, 2.75) is 18.9 Å². The van der Waals surface area contributed by atoms with Crippen LogP contribution in [0.2, 0.25) is 5.02 Å². The summed E-state index contributed by atoms with van der Waals surface area (Å²) in [4.78, 5) is 10.2. The van der Waals surface area contributed by atoms with Gasteiger partial charge in [0.15, 0.2) is 5.11 Å². The molecule has 0 spiro atoms. The number of nitrogens with one attached hydrogen (secondary N) is 2. The van der Waals surface area contributed by atoms with Crippen LogP contribution in [-0.2, 0) is 4.74 Å². The Labute approximate surface area is 126 Å². The van der Waals surface area contributed by atoms with E-state index in [9.17, 15) is 10.1 Å². The summed E-state index contributed by atoms with van der Waals surface area (Å²) < 4.78 is 5.46. The summed E-state index contributed by atoms with van der Waals surface area (Å²) in [6.07, 6.45) is 2.23. The highest BCUT2D eigenvalue weighted by molar-refractivity contribution is 7.80. The molecule has 1 aliphatic heterocycles. The van der Waals surface area contributed by atoms with Gasteiger partial charge in [-0.3, -0.25) is 10.1 Å². The Morgan fingerprint density at radius 1 is 1.60 bits per heavy atom. The number of ether oxygens (including phenoxy) is 1. The zero-order valence-electron chi connectivity index (χ0n) is 10.6. The maximum atomic E-state index is 10.7. The van der Waals surface area contributed by atoms with Gasteiger partial charge in [-0.05, 0) is 31.1 Å². The fourth-order valence-electron chi connectivity index (χ4n) is 1.90. The van der Waals surface area contributed by atoms with Gasteiger partial charge in [0, 0.05) is 25.3 Å². The van der Waals surface area contributed by atoms with Crippen molar-refractivity contribution in [3.8, 4) is 0 Å². The number of nitrogens with zero attached hydrogens (tertiary/aromatic N) is 1. The molecular weight excluding hydrogens is 302 g/mol. The Balaban J connectivity index is 1.92. The summed E-state index contributed by atoms with van der Waals surface area (Å²) in [5, 5.41) is 17.3. The standard InChI is InChI=1S/C12H14ClN3O3S/c13-10-4-3-8(16(17)18)6-11(10)15-12(20)14-7-9-2-1-5-19-9/h3-4,6,9H,1-2,5,7H2,(H2,14,15,20). The van der Waals surface area contributed by atoms with Crippen molar-refractivity contribution in [3.63, 3.8) is 0 Å². The zero-order chi connectivity index (χ0) is 14.5. The third kappa shape index (κ3) is 4.03. The number of non-ortho nitro benzene ring substituents is 1. The fraction of sp³-hybridized carbons (Fsp3) is 0.417. The molecule has 6 nitrogen and oxygen atoms in total. The van der Waals surface area contributed by atoms with Gasteiger partial charge >= 0.3 is 0 Å². The number of thiocarbonyl (C=S) groups is 1. The van der Waals surface area contributed by atoms with Crippen LogP contribution in [0.25, 0.3) is 0 Å². The molecule has 20 heavy (non-hydrogen) atoms. The number of rotatable bonds is 4. The zero-order valence-corrected chi connectivity index (χ0v) is 12.2. The third-order valence-electron chi connectivity index (χ3n) is 2.92. The summed E-state index contributed by atoms with van der Waals surface area (Å²) in [6.45, 7) is 1.39. The molecule has 1 atom stereocenters. The van der Waals surface area contributed by atoms with Crippen molar-refractivity contribution in [2.75, 3.05) is 18.5 Å². The van der Waals surface area contributed by atoms with Crippen LogP contribution in [0.5, 0.6) is 0 Å². The normalized spacial score (nSPS) is 17.8. The van der Waals surface area contributed by atoms with Gasteiger partial charge in [0.1, 0.15) is 0 Å². The van der Waals surface area contributed by atoms with Crippen LogP contribution in [0.15, 0.2) is 18.2 Å². The predicted molar refractivity (Wildman–Crippen MR) is 81.3 cm³/mol. The lowest BCUT2D eigenvalue weighted by Crippen LogP contribution is -2.34. The monoisotopic (exact) mass is 315 g/mol. The summed E-state index contributed by atoms with van der Waals surface area (Å²) in [5.74, 6) is 0. The molecule has 0 saturated carbocycles. The number of anilines is 1. The summed E-state index contributed by atoms with van der Waals surface area (Å²) >= 11 is 11.1.